The molecule has 1 amide bonds. The van der Waals surface area contributed by atoms with Crippen molar-refractivity contribution in [1.29, 1.82) is 5.26 Å². The van der Waals surface area contributed by atoms with Gasteiger partial charge < -0.3 is 14.4 Å². The molecule has 0 saturated carbocycles. The minimum absolute atomic E-state index is 0.0458. The number of nitriles is 1. The van der Waals surface area contributed by atoms with Crippen LogP contribution in [0.4, 0.5) is 4.39 Å². The van der Waals surface area contributed by atoms with Crippen LogP contribution in [-0.2, 0) is 16.1 Å². The first-order valence-electron chi connectivity index (χ1n) is 13.6. The third-order valence-electron chi connectivity index (χ3n) is 6.94. The fourth-order valence-electron chi connectivity index (χ4n) is 4.81. The third kappa shape index (κ3) is 6.05. The van der Waals surface area contributed by atoms with Crippen molar-refractivity contribution >= 4 is 28.9 Å². The van der Waals surface area contributed by atoms with Gasteiger partial charge in [-0.25, -0.2) is 4.39 Å². The molecule has 0 unspecified atom stereocenters. The topological polar surface area (TPSA) is 102 Å². The van der Waals surface area contributed by atoms with Crippen molar-refractivity contribution in [3.8, 4) is 23.4 Å². The van der Waals surface area contributed by atoms with Crippen molar-refractivity contribution in [2.75, 3.05) is 26.8 Å². The number of benzene rings is 2. The Bertz CT molecular complexity index is 1800. The molecule has 2 aromatic heterocycles. The number of carbonyl (C=O) groups is 1. The zero-order valence-electron chi connectivity index (χ0n) is 23.4. The lowest BCUT2D eigenvalue weighted by atomic mass is 10.2. The minimum atomic E-state index is -0.393. The van der Waals surface area contributed by atoms with E-state index in [0.29, 0.717) is 58.2 Å². The van der Waals surface area contributed by atoms with Crippen molar-refractivity contribution < 1.29 is 18.7 Å². The van der Waals surface area contributed by atoms with Crippen LogP contribution in [0.15, 0.2) is 59.4 Å². The average Bonchev–Trinajstić information content (AvgIpc) is 3.72. The van der Waals surface area contributed by atoms with E-state index < -0.39 is 5.82 Å². The van der Waals surface area contributed by atoms with E-state index in [-0.39, 0.29) is 23.6 Å². The molecule has 0 N–H and O–H groups in total. The van der Waals surface area contributed by atoms with Crippen LogP contribution in [0.5, 0.6) is 11.6 Å². The van der Waals surface area contributed by atoms with Gasteiger partial charge in [-0.3, -0.25) is 14.2 Å². The maximum atomic E-state index is 13.8. The highest BCUT2D eigenvalue weighted by atomic mass is 32.1. The van der Waals surface area contributed by atoms with Crippen LogP contribution in [0.2, 0.25) is 0 Å². The number of hydrogen-bond donors (Lipinski definition) is 0. The zero-order valence-corrected chi connectivity index (χ0v) is 24.2. The standard InChI is InChI=1S/C31H30FN5O4S/c1-21-25(30(41-24-13-11-22(32)12-14-24)37(34-21)23-9-4-3-5-10-23)19-27-29(39)36(17-8-18-40-2)31(42-27)26(20-33)28(38)35-15-6-7-16-35/h3-5,9-14,19H,6-8,15-18H2,1-2H3. The summed E-state index contributed by atoms with van der Waals surface area (Å²) < 4.78 is 28.8. The number of ether oxygens (including phenoxy) is 2. The molecule has 11 heteroatoms. The first kappa shape index (κ1) is 29.0. The third-order valence-corrected chi connectivity index (χ3v) is 8.07. The molecule has 42 heavy (non-hydrogen) atoms. The average molecular weight is 588 g/mol. The van der Waals surface area contributed by atoms with E-state index in [1.54, 1.807) is 29.7 Å². The zero-order chi connectivity index (χ0) is 29.6. The van der Waals surface area contributed by atoms with Crippen LogP contribution in [-0.4, -0.2) is 52.0 Å². The molecule has 0 radical (unpaired) electrons. The Morgan fingerprint density at radius 2 is 1.86 bits per heavy atom. The van der Waals surface area contributed by atoms with Crippen LogP contribution >= 0.6 is 11.3 Å². The lowest BCUT2D eigenvalue weighted by Gasteiger charge is -2.14. The summed E-state index contributed by atoms with van der Waals surface area (Å²) in [5.74, 6) is -0.0294. The minimum Gasteiger partial charge on any atom is -0.438 e. The summed E-state index contributed by atoms with van der Waals surface area (Å²) in [5.41, 5.74) is 1.50. The van der Waals surface area contributed by atoms with Gasteiger partial charge in [0.1, 0.15) is 22.3 Å². The summed E-state index contributed by atoms with van der Waals surface area (Å²) in [7, 11) is 1.58. The number of nitrogens with zero attached hydrogens (tertiary/aromatic N) is 5. The summed E-state index contributed by atoms with van der Waals surface area (Å²) in [6.45, 7) is 3.68. The van der Waals surface area contributed by atoms with Gasteiger partial charge in [-0.05, 0) is 68.7 Å². The Morgan fingerprint density at radius 1 is 1.14 bits per heavy atom. The van der Waals surface area contributed by atoms with Crippen LogP contribution in [0, 0.1) is 24.1 Å². The quantitative estimate of drug-likeness (QED) is 0.278. The Kier molecular flexibility index (Phi) is 8.95. The Labute approximate surface area is 246 Å². The Balaban J connectivity index is 1.71. The SMILES string of the molecule is COCCCn1c(=C(C#N)C(=O)N2CCCC2)sc(=Cc2c(C)nn(-c3ccccc3)c2Oc2ccc(F)cc2)c1=O. The molecule has 1 aliphatic heterocycles. The van der Waals surface area contributed by atoms with E-state index in [9.17, 15) is 19.2 Å². The van der Waals surface area contributed by atoms with Gasteiger partial charge in [-0.1, -0.05) is 18.2 Å². The number of amides is 1. The molecular weight excluding hydrogens is 557 g/mol. The van der Waals surface area contributed by atoms with E-state index in [1.807, 2.05) is 30.3 Å². The molecule has 1 saturated heterocycles. The van der Waals surface area contributed by atoms with E-state index in [1.165, 1.54) is 28.8 Å². The van der Waals surface area contributed by atoms with Gasteiger partial charge in [0.25, 0.3) is 11.5 Å². The van der Waals surface area contributed by atoms with E-state index in [0.717, 1.165) is 29.9 Å². The smallest absolute Gasteiger partial charge is 0.269 e. The fourth-order valence-corrected chi connectivity index (χ4v) is 5.91. The van der Waals surface area contributed by atoms with Crippen molar-refractivity contribution in [2.45, 2.75) is 32.7 Å². The molecule has 1 fully saturated rings. The van der Waals surface area contributed by atoms with Gasteiger partial charge in [0.15, 0.2) is 5.57 Å². The molecule has 5 rings (SSSR count). The summed E-state index contributed by atoms with van der Waals surface area (Å²) in [5, 5.41) is 14.7. The van der Waals surface area contributed by atoms with Crippen LogP contribution in [0.3, 0.4) is 0 Å². The second-order valence-corrected chi connectivity index (χ2v) is 10.8. The number of rotatable bonds is 9. The number of halogens is 1. The highest BCUT2D eigenvalue weighted by molar-refractivity contribution is 7.07. The maximum absolute atomic E-state index is 13.8. The van der Waals surface area contributed by atoms with Gasteiger partial charge >= 0.3 is 0 Å². The molecule has 0 spiro atoms. The highest BCUT2D eigenvalue weighted by Gasteiger charge is 2.25. The first-order valence-corrected chi connectivity index (χ1v) is 14.5. The normalized spacial score (nSPS) is 14.2. The van der Waals surface area contributed by atoms with Crippen molar-refractivity contribution in [3.63, 3.8) is 0 Å². The van der Waals surface area contributed by atoms with Gasteiger partial charge in [0.2, 0.25) is 5.88 Å². The lowest BCUT2D eigenvalue weighted by molar-refractivity contribution is -0.123. The van der Waals surface area contributed by atoms with E-state index >= 15 is 0 Å². The maximum Gasteiger partial charge on any atom is 0.269 e. The number of thiazole rings is 1. The van der Waals surface area contributed by atoms with Gasteiger partial charge in [0, 0.05) is 33.4 Å². The number of likely N-dealkylation sites (tertiary alicyclic amines) is 1. The summed E-state index contributed by atoms with van der Waals surface area (Å²) in [6.07, 6.45) is 3.98. The Hall–Kier alpha value is -4.53. The predicted octanol–water partition coefficient (Wildman–Crippen LogP) is 3.50. The largest absolute Gasteiger partial charge is 0.438 e. The number of aryl methyl sites for hydroxylation is 1. The summed E-state index contributed by atoms with van der Waals surface area (Å²) in [4.78, 5) is 28.7. The molecule has 4 aromatic rings. The highest BCUT2D eigenvalue weighted by Crippen LogP contribution is 2.31. The Morgan fingerprint density at radius 3 is 2.52 bits per heavy atom. The van der Waals surface area contributed by atoms with E-state index in [2.05, 4.69) is 11.2 Å². The van der Waals surface area contributed by atoms with Crippen LogP contribution in [0.25, 0.3) is 17.3 Å². The van der Waals surface area contributed by atoms with Crippen molar-refractivity contribution in [2.24, 2.45) is 0 Å². The van der Waals surface area contributed by atoms with Gasteiger partial charge in [0.05, 0.1) is 21.5 Å². The summed E-state index contributed by atoms with van der Waals surface area (Å²) in [6, 6.07) is 17.1. The number of methoxy groups -OCH3 is 1. The lowest BCUT2D eigenvalue weighted by Crippen LogP contribution is -2.36. The molecule has 0 atom stereocenters. The number of hydrogen-bond acceptors (Lipinski definition) is 7. The van der Waals surface area contributed by atoms with Gasteiger partial charge in [-0.15, -0.1) is 11.3 Å². The van der Waals surface area contributed by atoms with Crippen LogP contribution in [0.1, 0.15) is 30.5 Å². The second-order valence-electron chi connectivity index (χ2n) is 9.81. The molecule has 0 bridgehead atoms. The second kappa shape index (κ2) is 13.0. The van der Waals surface area contributed by atoms with Crippen molar-refractivity contribution in [3.05, 3.63) is 91.2 Å². The molecule has 3 heterocycles. The molecule has 2 aromatic carbocycles. The predicted molar refractivity (Wildman–Crippen MR) is 157 cm³/mol. The number of carbonyl (C=O) groups excluding carboxylic acids is 1. The molecule has 9 nitrogen and oxygen atoms in total. The monoisotopic (exact) mass is 587 g/mol. The number of para-hydroxylation sites is 1. The van der Waals surface area contributed by atoms with E-state index in [4.69, 9.17) is 9.47 Å². The summed E-state index contributed by atoms with van der Waals surface area (Å²) >= 11 is 1.09. The number of aromatic nitrogens is 3. The molecular formula is C31H30FN5O4S. The van der Waals surface area contributed by atoms with Crippen LogP contribution < -0.4 is 19.5 Å². The van der Waals surface area contributed by atoms with Crippen molar-refractivity contribution in [1.82, 2.24) is 19.2 Å². The first-order chi connectivity index (χ1) is 20.4. The molecule has 0 aliphatic carbocycles. The fraction of sp³-hybridized carbons (Fsp3) is 0.290. The molecule has 216 valence electrons. The molecule has 1 aliphatic rings. The van der Waals surface area contributed by atoms with Gasteiger partial charge in [-0.2, -0.15) is 15.0 Å².